The van der Waals surface area contributed by atoms with Crippen LogP contribution in [0.3, 0.4) is 0 Å². The Labute approximate surface area is 159 Å². The van der Waals surface area contributed by atoms with Crippen LogP contribution in [-0.4, -0.2) is 80.7 Å². The van der Waals surface area contributed by atoms with Gasteiger partial charge >= 0.3 is 17.9 Å². The molecule has 0 heterocycles. The second-order valence-corrected chi connectivity index (χ2v) is 6.74. The first-order chi connectivity index (χ1) is 12.5. The average Bonchev–Trinajstić information content (AvgIpc) is 2.55. The predicted molar refractivity (Wildman–Crippen MR) is 95.0 cm³/mol. The first kappa shape index (κ1) is 24.6. The van der Waals surface area contributed by atoms with Crippen molar-refractivity contribution < 1.29 is 39.3 Å². The molecule has 27 heavy (non-hydrogen) atoms. The number of primary amides is 1. The number of thioether (sulfide) groups is 1. The fourth-order valence-electron chi connectivity index (χ4n) is 1.77. The average molecular weight is 408 g/mol. The minimum Gasteiger partial charge on any atom is -0.480 e. The van der Waals surface area contributed by atoms with Gasteiger partial charge in [-0.3, -0.25) is 29.3 Å². The number of amides is 2. The second-order valence-electron chi connectivity index (χ2n) is 5.67. The third-order valence-corrected chi connectivity index (χ3v) is 4.49. The molecule has 0 aliphatic carbocycles. The van der Waals surface area contributed by atoms with Gasteiger partial charge in [-0.25, -0.2) is 0 Å². The molecule has 0 fully saturated rings. The highest BCUT2D eigenvalue weighted by Gasteiger charge is 2.28. The number of rotatable bonds is 14. The van der Waals surface area contributed by atoms with E-state index in [1.54, 1.807) is 0 Å². The summed E-state index contributed by atoms with van der Waals surface area (Å²) in [6.45, 7) is 1.23. The lowest BCUT2D eigenvalue weighted by molar-refractivity contribution is -0.142. The van der Waals surface area contributed by atoms with Crippen molar-refractivity contribution in [2.24, 2.45) is 11.5 Å². The van der Waals surface area contributed by atoms with E-state index in [1.165, 1.54) is 6.92 Å². The highest BCUT2D eigenvalue weighted by Crippen LogP contribution is 2.08. The van der Waals surface area contributed by atoms with Gasteiger partial charge in [0.05, 0.1) is 6.04 Å². The van der Waals surface area contributed by atoms with Crippen LogP contribution in [0, 0.1) is 0 Å². The van der Waals surface area contributed by atoms with Crippen LogP contribution in [0.15, 0.2) is 0 Å². The standard InChI is InChI=1S/C14H24N4O8S/c1-6(12(21)22)17-11(20)9(5-27-4-7(15)13(23)24)18-8(14(25)26)2-3-10(16)19/h6-9,18H,2-5,15H2,1H3,(H2,16,19)(H,17,20)(H,21,22)(H,23,24)(H,25,26)/t6-,7?,8-,9?/m1/s1. The van der Waals surface area contributed by atoms with E-state index < -0.39 is 53.9 Å². The summed E-state index contributed by atoms with van der Waals surface area (Å²) < 4.78 is 0. The molecule has 4 atom stereocenters. The fourth-order valence-corrected chi connectivity index (χ4v) is 2.78. The number of carboxylic acid groups (broad SMARTS) is 3. The molecular weight excluding hydrogens is 384 g/mol. The Morgan fingerprint density at radius 1 is 0.963 bits per heavy atom. The largest absolute Gasteiger partial charge is 0.480 e. The lowest BCUT2D eigenvalue weighted by Gasteiger charge is -2.23. The zero-order valence-electron chi connectivity index (χ0n) is 14.6. The van der Waals surface area contributed by atoms with Gasteiger partial charge in [-0.2, -0.15) is 11.8 Å². The molecule has 2 unspecified atom stereocenters. The summed E-state index contributed by atoms with van der Waals surface area (Å²) in [5.74, 6) is -5.47. The molecule has 2 amide bonds. The molecule has 13 heteroatoms. The van der Waals surface area contributed by atoms with Crippen LogP contribution >= 0.6 is 11.8 Å². The Hall–Kier alpha value is -2.38. The van der Waals surface area contributed by atoms with Crippen LogP contribution in [0.1, 0.15) is 19.8 Å². The van der Waals surface area contributed by atoms with Gasteiger partial charge in [0.25, 0.3) is 0 Å². The number of nitrogens with two attached hydrogens (primary N) is 2. The monoisotopic (exact) mass is 408 g/mol. The quantitative estimate of drug-likeness (QED) is 0.158. The molecule has 0 aliphatic rings. The van der Waals surface area contributed by atoms with Gasteiger partial charge in [0, 0.05) is 17.9 Å². The SMILES string of the molecule is C[C@@H](NC(=O)C(CSCC(N)C(=O)O)N[C@H](CCC(N)=O)C(=O)O)C(=O)O. The van der Waals surface area contributed by atoms with Crippen molar-refractivity contribution in [2.45, 2.75) is 43.9 Å². The summed E-state index contributed by atoms with van der Waals surface area (Å²) in [5, 5.41) is 31.6. The van der Waals surface area contributed by atoms with Gasteiger partial charge in [-0.15, -0.1) is 0 Å². The van der Waals surface area contributed by atoms with Gasteiger partial charge in [-0.1, -0.05) is 0 Å². The normalized spacial score (nSPS) is 15.2. The molecule has 0 saturated heterocycles. The van der Waals surface area contributed by atoms with Crippen LogP contribution in [0.2, 0.25) is 0 Å². The van der Waals surface area contributed by atoms with E-state index in [4.69, 9.17) is 21.7 Å². The summed E-state index contributed by atoms with van der Waals surface area (Å²) in [4.78, 5) is 56.1. The van der Waals surface area contributed by atoms with E-state index in [2.05, 4.69) is 10.6 Å². The number of hydrogen-bond acceptors (Lipinski definition) is 8. The summed E-state index contributed by atoms with van der Waals surface area (Å²) >= 11 is 0.979. The van der Waals surface area contributed by atoms with Crippen molar-refractivity contribution in [1.29, 1.82) is 0 Å². The molecule has 0 bridgehead atoms. The van der Waals surface area contributed by atoms with Gasteiger partial charge in [0.15, 0.2) is 0 Å². The zero-order chi connectivity index (χ0) is 21.1. The van der Waals surface area contributed by atoms with E-state index in [9.17, 15) is 29.1 Å². The minimum absolute atomic E-state index is 0.0473. The molecule has 0 aliphatic heterocycles. The molecule has 0 saturated carbocycles. The Kier molecular flexibility index (Phi) is 11.0. The van der Waals surface area contributed by atoms with Crippen LogP contribution in [0.5, 0.6) is 0 Å². The van der Waals surface area contributed by atoms with Gasteiger partial charge in [0.1, 0.15) is 18.1 Å². The number of hydrogen-bond donors (Lipinski definition) is 7. The maximum absolute atomic E-state index is 12.3. The van der Waals surface area contributed by atoms with Gasteiger partial charge < -0.3 is 32.1 Å². The van der Waals surface area contributed by atoms with Crippen molar-refractivity contribution in [3.05, 3.63) is 0 Å². The minimum atomic E-state index is -1.33. The Bertz CT molecular complexity index is 573. The third kappa shape index (κ3) is 10.4. The Morgan fingerprint density at radius 2 is 1.56 bits per heavy atom. The first-order valence-electron chi connectivity index (χ1n) is 7.82. The molecule has 154 valence electrons. The highest BCUT2D eigenvalue weighted by molar-refractivity contribution is 7.99. The van der Waals surface area contributed by atoms with Crippen molar-refractivity contribution in [1.82, 2.24) is 10.6 Å². The smallest absolute Gasteiger partial charge is 0.325 e. The van der Waals surface area contributed by atoms with E-state index in [0.717, 1.165) is 11.8 Å². The molecule has 0 aromatic carbocycles. The molecule has 12 nitrogen and oxygen atoms in total. The van der Waals surface area contributed by atoms with Crippen molar-refractivity contribution in [2.75, 3.05) is 11.5 Å². The molecule has 0 rings (SSSR count). The van der Waals surface area contributed by atoms with E-state index >= 15 is 0 Å². The maximum atomic E-state index is 12.3. The lowest BCUT2D eigenvalue weighted by atomic mass is 10.1. The zero-order valence-corrected chi connectivity index (χ0v) is 15.4. The van der Waals surface area contributed by atoms with Crippen molar-refractivity contribution >= 4 is 41.5 Å². The molecule has 0 spiro atoms. The summed E-state index contributed by atoms with van der Waals surface area (Å²) in [6, 6.07) is -4.85. The summed E-state index contributed by atoms with van der Waals surface area (Å²) in [6.07, 6.45) is -0.414. The molecule has 0 aromatic heterocycles. The lowest BCUT2D eigenvalue weighted by Crippen LogP contribution is -2.55. The van der Waals surface area contributed by atoms with Crippen LogP contribution in [0.4, 0.5) is 0 Å². The van der Waals surface area contributed by atoms with Crippen molar-refractivity contribution in [3.63, 3.8) is 0 Å². The van der Waals surface area contributed by atoms with E-state index in [1.807, 2.05) is 0 Å². The van der Waals surface area contributed by atoms with Crippen LogP contribution in [0.25, 0.3) is 0 Å². The molecule has 0 aromatic rings. The summed E-state index contributed by atoms with van der Waals surface area (Å²) in [5.41, 5.74) is 10.4. The number of aliphatic carboxylic acids is 3. The molecule has 9 N–H and O–H groups in total. The predicted octanol–water partition coefficient (Wildman–Crippen LogP) is -2.60. The number of nitrogens with one attached hydrogen (secondary N) is 2. The Balaban J connectivity index is 5.09. The Morgan fingerprint density at radius 3 is 2.00 bits per heavy atom. The number of carbonyl (C=O) groups excluding carboxylic acids is 2. The first-order valence-corrected chi connectivity index (χ1v) is 8.97. The van der Waals surface area contributed by atoms with Crippen LogP contribution < -0.4 is 22.1 Å². The summed E-state index contributed by atoms with van der Waals surface area (Å²) in [7, 11) is 0. The fraction of sp³-hybridized carbons (Fsp3) is 0.643. The van der Waals surface area contributed by atoms with E-state index in [-0.39, 0.29) is 24.3 Å². The maximum Gasteiger partial charge on any atom is 0.325 e. The van der Waals surface area contributed by atoms with Crippen molar-refractivity contribution in [3.8, 4) is 0 Å². The number of carbonyl (C=O) groups is 5. The van der Waals surface area contributed by atoms with Gasteiger partial charge in [0.2, 0.25) is 11.8 Å². The third-order valence-electron chi connectivity index (χ3n) is 3.32. The van der Waals surface area contributed by atoms with E-state index in [0.29, 0.717) is 0 Å². The second kappa shape index (κ2) is 12.1. The number of carboxylic acids is 3. The molecule has 0 radical (unpaired) electrons. The topological polar surface area (TPSA) is 222 Å². The molecular formula is C14H24N4O8S. The van der Waals surface area contributed by atoms with Gasteiger partial charge in [-0.05, 0) is 13.3 Å². The highest BCUT2D eigenvalue weighted by atomic mass is 32.2. The van der Waals surface area contributed by atoms with Crippen LogP contribution in [-0.2, 0) is 24.0 Å².